The van der Waals surface area contributed by atoms with Crippen LogP contribution in [0.3, 0.4) is 0 Å². The number of aromatic nitrogens is 1. The standard InChI is InChI=1S/C41H40N4O3/c1-27-20-30-14-10-11-15-32(30)26-45(27)41(48)37-23-33-25-44(39(46)21-29-12-6-4-7-13-29)19-18-31(33)22-36(37)38-24-35(28(2)43(38)3)40(47)42-34-16-8-5-9-17-34/h4-17,22-24,27H,18-21,25-26H2,1-3H3,(H,42,47)/t27-/m1/s1. The van der Waals surface area contributed by atoms with Crippen LogP contribution in [0, 0.1) is 6.92 Å². The summed E-state index contributed by atoms with van der Waals surface area (Å²) in [7, 11) is 1.95. The molecule has 0 saturated heterocycles. The molecule has 0 radical (unpaired) electrons. The molecule has 7 nitrogen and oxygen atoms in total. The molecule has 242 valence electrons. The first-order valence-electron chi connectivity index (χ1n) is 16.6. The van der Waals surface area contributed by atoms with Gasteiger partial charge in [0.15, 0.2) is 0 Å². The van der Waals surface area contributed by atoms with Gasteiger partial charge in [-0.05, 0) is 84.8 Å². The lowest BCUT2D eigenvalue weighted by molar-refractivity contribution is -0.131. The summed E-state index contributed by atoms with van der Waals surface area (Å²) in [5.41, 5.74) is 9.85. The average Bonchev–Trinajstić information content (AvgIpc) is 3.41. The summed E-state index contributed by atoms with van der Waals surface area (Å²) in [4.78, 5) is 45.4. The zero-order valence-electron chi connectivity index (χ0n) is 27.7. The number of nitrogens with zero attached hydrogens (tertiary/aromatic N) is 3. The molecule has 2 aliphatic heterocycles. The Labute approximate surface area is 281 Å². The maximum absolute atomic E-state index is 14.7. The van der Waals surface area contributed by atoms with Gasteiger partial charge >= 0.3 is 0 Å². The van der Waals surface area contributed by atoms with Crippen molar-refractivity contribution in [2.45, 2.75) is 52.2 Å². The molecule has 3 amide bonds. The number of hydrogen-bond donors (Lipinski definition) is 1. The van der Waals surface area contributed by atoms with Crippen molar-refractivity contribution in [1.29, 1.82) is 0 Å². The van der Waals surface area contributed by atoms with E-state index in [1.165, 1.54) is 5.56 Å². The molecule has 7 rings (SSSR count). The lowest BCUT2D eigenvalue weighted by Gasteiger charge is -2.36. The van der Waals surface area contributed by atoms with Gasteiger partial charge in [-0.1, -0.05) is 72.8 Å². The van der Waals surface area contributed by atoms with Gasteiger partial charge in [0.05, 0.1) is 12.0 Å². The van der Waals surface area contributed by atoms with Gasteiger partial charge in [0.1, 0.15) is 0 Å². The third-order valence-corrected chi connectivity index (χ3v) is 9.99. The van der Waals surface area contributed by atoms with E-state index < -0.39 is 0 Å². The van der Waals surface area contributed by atoms with Crippen LogP contribution >= 0.6 is 0 Å². The first kappa shape index (κ1) is 31.2. The Bertz CT molecular complexity index is 2010. The SMILES string of the molecule is Cc1c(C(=O)Nc2ccccc2)cc(-c2cc3c(cc2C(=O)N2Cc4ccccc4C[C@H]2C)CN(C(=O)Cc2ccccc2)CC3)n1C. The minimum atomic E-state index is -0.194. The van der Waals surface area contributed by atoms with Crippen molar-refractivity contribution in [2.75, 3.05) is 11.9 Å². The van der Waals surface area contributed by atoms with Gasteiger partial charge in [0.25, 0.3) is 11.8 Å². The smallest absolute Gasteiger partial charge is 0.257 e. The molecule has 1 aromatic heterocycles. The molecule has 3 heterocycles. The quantitative estimate of drug-likeness (QED) is 0.219. The highest BCUT2D eigenvalue weighted by Crippen LogP contribution is 2.35. The number of carbonyl (C=O) groups excluding carboxylic acids is 3. The molecular formula is C41H40N4O3. The van der Waals surface area contributed by atoms with Crippen molar-refractivity contribution in [1.82, 2.24) is 14.4 Å². The highest BCUT2D eigenvalue weighted by molar-refractivity contribution is 6.07. The summed E-state index contributed by atoms with van der Waals surface area (Å²) >= 11 is 0. The van der Waals surface area contributed by atoms with Crippen LogP contribution in [0.15, 0.2) is 103 Å². The first-order valence-corrected chi connectivity index (χ1v) is 16.6. The van der Waals surface area contributed by atoms with E-state index in [9.17, 15) is 14.4 Å². The molecule has 2 aliphatic rings. The summed E-state index contributed by atoms with van der Waals surface area (Å²) in [6.45, 7) is 5.64. The Morgan fingerprint density at radius 2 is 1.46 bits per heavy atom. The predicted molar refractivity (Wildman–Crippen MR) is 189 cm³/mol. The van der Waals surface area contributed by atoms with Crippen LogP contribution in [0.5, 0.6) is 0 Å². The number of rotatable bonds is 6. The molecule has 0 bridgehead atoms. The van der Waals surface area contributed by atoms with Crippen LogP contribution in [0.4, 0.5) is 5.69 Å². The molecule has 5 aromatic rings. The number of nitrogens with one attached hydrogen (secondary N) is 1. The van der Waals surface area contributed by atoms with Gasteiger partial charge < -0.3 is 19.7 Å². The second-order valence-electron chi connectivity index (χ2n) is 13.1. The van der Waals surface area contributed by atoms with Gasteiger partial charge in [-0.25, -0.2) is 0 Å². The Hall–Kier alpha value is -5.43. The van der Waals surface area contributed by atoms with E-state index in [0.717, 1.165) is 51.3 Å². The summed E-state index contributed by atoms with van der Waals surface area (Å²) in [5, 5.41) is 3.01. The molecule has 0 fully saturated rings. The molecule has 0 saturated carbocycles. The summed E-state index contributed by atoms with van der Waals surface area (Å²) in [6.07, 6.45) is 1.83. The predicted octanol–water partition coefficient (Wildman–Crippen LogP) is 6.97. The fraction of sp³-hybridized carbons (Fsp3) is 0.244. The largest absolute Gasteiger partial charge is 0.347 e. The molecule has 0 unspecified atom stereocenters. The van der Waals surface area contributed by atoms with E-state index in [0.29, 0.717) is 43.6 Å². The number of carbonyl (C=O) groups is 3. The lowest BCUT2D eigenvalue weighted by Crippen LogP contribution is -2.43. The van der Waals surface area contributed by atoms with Crippen LogP contribution in [0.25, 0.3) is 11.3 Å². The minimum Gasteiger partial charge on any atom is -0.347 e. The third kappa shape index (κ3) is 6.04. The van der Waals surface area contributed by atoms with Crippen molar-refractivity contribution < 1.29 is 14.4 Å². The maximum atomic E-state index is 14.7. The highest BCUT2D eigenvalue weighted by atomic mass is 16.2. The van der Waals surface area contributed by atoms with Crippen LogP contribution in [-0.2, 0) is 44.2 Å². The summed E-state index contributed by atoms with van der Waals surface area (Å²) < 4.78 is 2.01. The van der Waals surface area contributed by atoms with Crippen LogP contribution < -0.4 is 5.32 Å². The van der Waals surface area contributed by atoms with E-state index >= 15 is 0 Å². The van der Waals surface area contributed by atoms with Crippen LogP contribution in [-0.4, -0.2) is 44.7 Å². The highest BCUT2D eigenvalue weighted by Gasteiger charge is 2.32. The lowest BCUT2D eigenvalue weighted by atomic mass is 9.89. The normalized spacial score (nSPS) is 15.4. The molecule has 1 atom stereocenters. The van der Waals surface area contributed by atoms with Crippen molar-refractivity contribution >= 4 is 23.4 Å². The molecule has 4 aromatic carbocycles. The van der Waals surface area contributed by atoms with E-state index in [-0.39, 0.29) is 23.8 Å². The monoisotopic (exact) mass is 636 g/mol. The Balaban J connectivity index is 1.27. The topological polar surface area (TPSA) is 74.7 Å². The summed E-state index contributed by atoms with van der Waals surface area (Å²) in [5.74, 6) is -0.158. The fourth-order valence-corrected chi connectivity index (χ4v) is 7.11. The van der Waals surface area contributed by atoms with Crippen molar-refractivity contribution in [3.05, 3.63) is 148 Å². The van der Waals surface area contributed by atoms with Gasteiger partial charge in [-0.15, -0.1) is 0 Å². The number of hydrogen-bond acceptors (Lipinski definition) is 3. The fourth-order valence-electron chi connectivity index (χ4n) is 7.11. The Morgan fingerprint density at radius 3 is 2.21 bits per heavy atom. The van der Waals surface area contributed by atoms with Gasteiger partial charge in [-0.2, -0.15) is 0 Å². The zero-order chi connectivity index (χ0) is 33.4. The van der Waals surface area contributed by atoms with Crippen molar-refractivity contribution in [3.63, 3.8) is 0 Å². The first-order chi connectivity index (χ1) is 23.3. The van der Waals surface area contributed by atoms with E-state index in [2.05, 4.69) is 36.5 Å². The average molecular weight is 637 g/mol. The number of fused-ring (bicyclic) bond motifs is 2. The zero-order valence-corrected chi connectivity index (χ0v) is 27.7. The molecular weight excluding hydrogens is 596 g/mol. The van der Waals surface area contributed by atoms with E-state index in [4.69, 9.17) is 0 Å². The summed E-state index contributed by atoms with van der Waals surface area (Å²) in [6, 6.07) is 33.6. The molecule has 0 aliphatic carbocycles. The second kappa shape index (κ2) is 13.0. The second-order valence-corrected chi connectivity index (χ2v) is 13.1. The van der Waals surface area contributed by atoms with E-state index in [1.807, 2.05) is 107 Å². The van der Waals surface area contributed by atoms with Crippen LogP contribution in [0.1, 0.15) is 61.2 Å². The van der Waals surface area contributed by atoms with Crippen LogP contribution in [0.2, 0.25) is 0 Å². The minimum absolute atomic E-state index is 0.0163. The maximum Gasteiger partial charge on any atom is 0.257 e. The molecule has 7 heteroatoms. The molecule has 1 N–H and O–H groups in total. The van der Waals surface area contributed by atoms with Gasteiger partial charge in [-0.3, -0.25) is 14.4 Å². The van der Waals surface area contributed by atoms with Crippen molar-refractivity contribution in [2.24, 2.45) is 7.05 Å². The number of para-hydroxylation sites is 1. The number of benzene rings is 4. The van der Waals surface area contributed by atoms with E-state index in [1.54, 1.807) is 0 Å². The number of amides is 3. The van der Waals surface area contributed by atoms with Crippen molar-refractivity contribution in [3.8, 4) is 11.3 Å². The third-order valence-electron chi connectivity index (χ3n) is 9.99. The van der Waals surface area contributed by atoms with Gasteiger partial charge in [0.2, 0.25) is 5.91 Å². The Kier molecular flexibility index (Phi) is 8.44. The Morgan fingerprint density at radius 1 is 0.771 bits per heavy atom. The van der Waals surface area contributed by atoms with Gasteiger partial charge in [0, 0.05) is 60.9 Å². The molecule has 48 heavy (non-hydrogen) atoms. The molecule has 0 spiro atoms. The number of anilines is 1.